The van der Waals surface area contributed by atoms with Crippen LogP contribution < -0.4 is 9.47 Å². The van der Waals surface area contributed by atoms with Gasteiger partial charge in [0.2, 0.25) is 0 Å². The molecule has 1 aromatic carbocycles. The van der Waals surface area contributed by atoms with E-state index in [1.54, 1.807) is 18.2 Å². The van der Waals surface area contributed by atoms with Gasteiger partial charge in [-0.1, -0.05) is 0 Å². The molecule has 1 heterocycles. The van der Waals surface area contributed by atoms with Crippen molar-refractivity contribution in [1.82, 2.24) is 4.90 Å². The predicted octanol–water partition coefficient (Wildman–Crippen LogP) is 0.894. The highest BCUT2D eigenvalue weighted by Gasteiger charge is 2.30. The van der Waals surface area contributed by atoms with Gasteiger partial charge in [-0.25, -0.2) is 0 Å². The Kier molecular flexibility index (Phi) is 5.19. The molecule has 21 heavy (non-hydrogen) atoms. The molecule has 116 valence electrons. The maximum absolute atomic E-state index is 11.7. The summed E-state index contributed by atoms with van der Waals surface area (Å²) in [4.78, 5) is 13.5. The number of ether oxygens (including phenoxy) is 2. The second kappa shape index (κ2) is 6.91. The number of carboxylic acid groups (broad SMARTS) is 1. The minimum Gasteiger partial charge on any atom is -0.497 e. The van der Waals surface area contributed by atoms with Crippen LogP contribution in [0.3, 0.4) is 0 Å². The van der Waals surface area contributed by atoms with Crippen molar-refractivity contribution in [1.29, 1.82) is 0 Å². The number of aliphatic carboxylic acids is 1. The van der Waals surface area contributed by atoms with Crippen molar-refractivity contribution >= 4 is 16.8 Å². The summed E-state index contributed by atoms with van der Waals surface area (Å²) in [5, 5.41) is 9.57. The lowest BCUT2D eigenvalue weighted by molar-refractivity contribution is -0.143. The average Bonchev–Trinajstić information content (AvgIpc) is 2.48. The van der Waals surface area contributed by atoms with E-state index in [-0.39, 0.29) is 0 Å². The zero-order valence-electron chi connectivity index (χ0n) is 12.1. The number of hydrogen-bond acceptors (Lipinski definition) is 5. The van der Waals surface area contributed by atoms with Gasteiger partial charge in [-0.3, -0.25) is 13.9 Å². The quantitative estimate of drug-likeness (QED) is 0.870. The number of carbonyl (C=O) groups is 1. The summed E-state index contributed by atoms with van der Waals surface area (Å²) in [6.45, 7) is 1.01. The van der Waals surface area contributed by atoms with Crippen molar-refractivity contribution in [3.05, 3.63) is 23.8 Å². The van der Waals surface area contributed by atoms with E-state index in [0.717, 1.165) is 0 Å². The fourth-order valence-corrected chi connectivity index (χ4v) is 3.49. The SMILES string of the molecule is COc1cc(OC)cc(C(C(=O)O)N2CCS(=O)CC2)c1. The molecule has 0 bridgehead atoms. The van der Waals surface area contributed by atoms with E-state index in [1.165, 1.54) is 14.2 Å². The first-order valence-electron chi connectivity index (χ1n) is 6.60. The molecule has 2 rings (SSSR count). The molecule has 7 heteroatoms. The summed E-state index contributed by atoms with van der Waals surface area (Å²) in [6, 6.07) is 4.32. The monoisotopic (exact) mass is 313 g/mol. The van der Waals surface area contributed by atoms with E-state index in [4.69, 9.17) is 9.47 Å². The van der Waals surface area contributed by atoms with Gasteiger partial charge in [0.15, 0.2) is 0 Å². The largest absolute Gasteiger partial charge is 0.497 e. The van der Waals surface area contributed by atoms with Crippen LogP contribution in [0, 0.1) is 0 Å². The Morgan fingerprint density at radius 3 is 2.14 bits per heavy atom. The summed E-state index contributed by atoms with van der Waals surface area (Å²) in [7, 11) is 2.21. The van der Waals surface area contributed by atoms with Gasteiger partial charge in [0.1, 0.15) is 17.5 Å². The van der Waals surface area contributed by atoms with Crippen LogP contribution in [0.5, 0.6) is 11.5 Å². The molecule has 1 atom stereocenters. The fraction of sp³-hybridized carbons (Fsp3) is 0.500. The zero-order valence-corrected chi connectivity index (χ0v) is 12.9. The Hall–Kier alpha value is -1.60. The molecule has 1 aromatic rings. The topological polar surface area (TPSA) is 76.1 Å². The van der Waals surface area contributed by atoms with Crippen molar-refractivity contribution in [2.24, 2.45) is 0 Å². The average molecular weight is 313 g/mol. The third kappa shape index (κ3) is 3.74. The maximum atomic E-state index is 11.7. The fourth-order valence-electron chi connectivity index (χ4n) is 2.41. The molecule has 1 aliphatic heterocycles. The van der Waals surface area contributed by atoms with Crippen molar-refractivity contribution in [2.75, 3.05) is 38.8 Å². The van der Waals surface area contributed by atoms with Crippen LogP contribution in [0.4, 0.5) is 0 Å². The lowest BCUT2D eigenvalue weighted by atomic mass is 10.0. The van der Waals surface area contributed by atoms with Gasteiger partial charge in [0, 0.05) is 41.5 Å². The molecule has 0 spiro atoms. The summed E-state index contributed by atoms with van der Waals surface area (Å²) >= 11 is 0. The molecular formula is C14H19NO5S. The van der Waals surface area contributed by atoms with Crippen LogP contribution in [0.2, 0.25) is 0 Å². The Balaban J connectivity index is 2.33. The highest BCUT2D eigenvalue weighted by atomic mass is 32.2. The van der Waals surface area contributed by atoms with Gasteiger partial charge in [-0.15, -0.1) is 0 Å². The number of hydrogen-bond donors (Lipinski definition) is 1. The third-order valence-corrected chi connectivity index (χ3v) is 4.78. The van der Waals surface area contributed by atoms with E-state index in [9.17, 15) is 14.1 Å². The summed E-state index contributed by atoms with van der Waals surface area (Å²) in [6.07, 6.45) is 0. The second-order valence-corrected chi connectivity index (χ2v) is 6.47. The van der Waals surface area contributed by atoms with Crippen molar-refractivity contribution in [2.45, 2.75) is 6.04 Å². The molecule has 1 fully saturated rings. The summed E-state index contributed by atoms with van der Waals surface area (Å²) < 4.78 is 21.8. The van der Waals surface area contributed by atoms with Crippen LogP contribution >= 0.6 is 0 Å². The van der Waals surface area contributed by atoms with Crippen LogP contribution in [0.25, 0.3) is 0 Å². The smallest absolute Gasteiger partial charge is 0.325 e. The Labute approximate surface area is 126 Å². The summed E-state index contributed by atoms with van der Waals surface area (Å²) in [5.41, 5.74) is 0.603. The van der Waals surface area contributed by atoms with E-state index in [2.05, 4.69) is 0 Å². The van der Waals surface area contributed by atoms with E-state index >= 15 is 0 Å². The predicted molar refractivity (Wildman–Crippen MR) is 79.4 cm³/mol. The molecule has 1 N–H and O–H groups in total. The number of methoxy groups -OCH3 is 2. The Bertz CT molecular complexity index is 516. The molecule has 0 aromatic heterocycles. The van der Waals surface area contributed by atoms with E-state index in [0.29, 0.717) is 41.7 Å². The lowest BCUT2D eigenvalue weighted by Crippen LogP contribution is -2.43. The minimum absolute atomic E-state index is 0.503. The van der Waals surface area contributed by atoms with Crippen LogP contribution in [-0.2, 0) is 15.6 Å². The third-order valence-electron chi connectivity index (χ3n) is 3.50. The number of nitrogens with zero attached hydrogens (tertiary/aromatic N) is 1. The van der Waals surface area contributed by atoms with Crippen molar-refractivity contribution < 1.29 is 23.6 Å². The van der Waals surface area contributed by atoms with Crippen molar-refractivity contribution in [3.63, 3.8) is 0 Å². The van der Waals surface area contributed by atoms with Crippen molar-refractivity contribution in [3.8, 4) is 11.5 Å². The molecule has 1 saturated heterocycles. The first kappa shape index (κ1) is 15.8. The van der Waals surface area contributed by atoms with Gasteiger partial charge in [-0.2, -0.15) is 0 Å². The van der Waals surface area contributed by atoms with Crippen LogP contribution in [0.15, 0.2) is 18.2 Å². The van der Waals surface area contributed by atoms with E-state index in [1.807, 2.05) is 4.90 Å². The number of carboxylic acids is 1. The highest BCUT2D eigenvalue weighted by molar-refractivity contribution is 7.85. The molecule has 1 aliphatic rings. The molecule has 6 nitrogen and oxygen atoms in total. The molecular weight excluding hydrogens is 294 g/mol. The lowest BCUT2D eigenvalue weighted by Gasteiger charge is -2.32. The number of rotatable bonds is 5. The highest BCUT2D eigenvalue weighted by Crippen LogP contribution is 2.30. The molecule has 0 radical (unpaired) electrons. The standard InChI is InChI=1S/C14H19NO5S/c1-19-11-7-10(8-12(9-11)20-2)13(14(16)17)15-3-5-21(18)6-4-15/h7-9,13H,3-6H2,1-2H3,(H,16,17). The molecule has 0 amide bonds. The van der Waals surface area contributed by atoms with Crippen LogP contribution in [-0.4, -0.2) is 59.0 Å². The van der Waals surface area contributed by atoms with Crippen LogP contribution in [0.1, 0.15) is 11.6 Å². The summed E-state index contributed by atoms with van der Waals surface area (Å²) in [5.74, 6) is 1.18. The van der Waals surface area contributed by atoms with E-state index < -0.39 is 22.8 Å². The zero-order chi connectivity index (χ0) is 15.4. The second-order valence-electron chi connectivity index (χ2n) is 4.77. The first-order valence-corrected chi connectivity index (χ1v) is 8.08. The maximum Gasteiger partial charge on any atom is 0.325 e. The normalized spacial score (nSPS) is 18.2. The molecule has 0 saturated carbocycles. The molecule has 1 unspecified atom stereocenters. The Morgan fingerprint density at radius 2 is 1.71 bits per heavy atom. The minimum atomic E-state index is -0.932. The number of benzene rings is 1. The first-order chi connectivity index (χ1) is 10.0. The van der Waals surface area contributed by atoms with Gasteiger partial charge < -0.3 is 14.6 Å². The van der Waals surface area contributed by atoms with Gasteiger partial charge in [0.25, 0.3) is 0 Å². The van der Waals surface area contributed by atoms with Gasteiger partial charge in [0.05, 0.1) is 14.2 Å². The van der Waals surface area contributed by atoms with Gasteiger partial charge in [-0.05, 0) is 17.7 Å². The Morgan fingerprint density at radius 1 is 1.19 bits per heavy atom. The van der Waals surface area contributed by atoms with Gasteiger partial charge >= 0.3 is 5.97 Å². The molecule has 0 aliphatic carbocycles.